The molecule has 1 aromatic carbocycles. The topological polar surface area (TPSA) is 76.0 Å². The molecule has 2 aliphatic rings. The Kier molecular flexibility index (Phi) is 4.14. The van der Waals surface area contributed by atoms with Crippen LogP contribution in [0.4, 0.5) is 5.69 Å². The number of hydrogen-bond acceptors (Lipinski definition) is 5. The molecule has 124 valence electrons. The molecule has 2 unspecified atom stereocenters. The van der Waals surface area contributed by atoms with Gasteiger partial charge in [0.1, 0.15) is 5.75 Å². The number of thioether (sulfide) groups is 1. The van der Waals surface area contributed by atoms with E-state index in [0.29, 0.717) is 10.9 Å². The minimum absolute atomic E-state index is 0.0681. The monoisotopic (exact) mass is 354 g/mol. The third-order valence-electron chi connectivity index (χ3n) is 3.91. The predicted octanol–water partition coefficient (Wildman–Crippen LogP) is 1.62. The number of aliphatic imine (C=N–C) groups is 1. The fraction of sp³-hybridized carbons (Fsp3) is 0.467. The molecule has 0 N–H and O–H groups in total. The maximum atomic E-state index is 12.0. The van der Waals surface area contributed by atoms with Gasteiger partial charge in [0.2, 0.25) is 5.91 Å². The first-order valence-electron chi connectivity index (χ1n) is 7.21. The zero-order valence-corrected chi connectivity index (χ0v) is 14.8. The van der Waals surface area contributed by atoms with Crippen molar-refractivity contribution in [2.24, 2.45) is 4.99 Å². The van der Waals surface area contributed by atoms with Crippen molar-refractivity contribution in [2.75, 3.05) is 23.5 Å². The zero-order chi connectivity index (χ0) is 16.8. The summed E-state index contributed by atoms with van der Waals surface area (Å²) in [7, 11) is -1.50. The second kappa shape index (κ2) is 5.83. The molecule has 0 saturated carbocycles. The molecule has 2 saturated heterocycles. The van der Waals surface area contributed by atoms with E-state index in [1.807, 2.05) is 30.0 Å². The Morgan fingerprint density at radius 3 is 2.78 bits per heavy atom. The molecule has 23 heavy (non-hydrogen) atoms. The third-order valence-corrected chi connectivity index (χ3v) is 7.12. The van der Waals surface area contributed by atoms with Crippen LogP contribution < -0.4 is 9.64 Å². The number of nitrogens with zero attached hydrogens (tertiary/aromatic N) is 2. The fourth-order valence-electron chi connectivity index (χ4n) is 2.97. The molecule has 1 aromatic rings. The van der Waals surface area contributed by atoms with Gasteiger partial charge in [0, 0.05) is 12.2 Å². The van der Waals surface area contributed by atoms with Crippen molar-refractivity contribution in [3.63, 3.8) is 0 Å². The van der Waals surface area contributed by atoms with Gasteiger partial charge in [-0.05, 0) is 24.6 Å². The lowest BCUT2D eigenvalue weighted by atomic mass is 10.1. The Hall–Kier alpha value is -1.54. The normalized spacial score (nSPS) is 27.3. The van der Waals surface area contributed by atoms with E-state index >= 15 is 0 Å². The van der Waals surface area contributed by atoms with Gasteiger partial charge < -0.3 is 9.64 Å². The first kappa shape index (κ1) is 16.3. The molecule has 2 aliphatic heterocycles. The number of fused-ring (bicyclic) bond motifs is 1. The molecule has 0 spiro atoms. The number of rotatable bonds is 2. The Labute approximate surface area is 139 Å². The van der Waals surface area contributed by atoms with E-state index in [2.05, 4.69) is 4.99 Å². The van der Waals surface area contributed by atoms with Gasteiger partial charge in [0.25, 0.3) is 0 Å². The first-order valence-corrected chi connectivity index (χ1v) is 9.91. The lowest BCUT2D eigenvalue weighted by Crippen LogP contribution is -2.38. The number of aryl methyl sites for hydroxylation is 1. The molecule has 2 heterocycles. The van der Waals surface area contributed by atoms with E-state index in [4.69, 9.17) is 4.74 Å². The molecule has 3 rings (SSSR count). The molecular formula is C15H18N2O4S2. The van der Waals surface area contributed by atoms with E-state index < -0.39 is 9.84 Å². The fourth-order valence-corrected chi connectivity index (χ4v) is 6.92. The molecule has 6 nitrogen and oxygen atoms in total. The molecule has 1 amide bonds. The minimum Gasteiger partial charge on any atom is -0.495 e. The molecule has 0 bridgehead atoms. The summed E-state index contributed by atoms with van der Waals surface area (Å²) in [6, 6.07) is 5.48. The number of methoxy groups -OCH3 is 1. The van der Waals surface area contributed by atoms with Crippen molar-refractivity contribution in [1.29, 1.82) is 0 Å². The molecule has 0 aromatic heterocycles. The SMILES string of the molecule is COc1ccc(C)cc1N1C(=NC(C)=O)SC2CS(=O)(=O)CC21. The van der Waals surface area contributed by atoms with Crippen LogP contribution in [0.5, 0.6) is 5.75 Å². The van der Waals surface area contributed by atoms with Crippen molar-refractivity contribution >= 4 is 38.4 Å². The van der Waals surface area contributed by atoms with Crippen LogP contribution in [0.1, 0.15) is 12.5 Å². The van der Waals surface area contributed by atoms with Gasteiger partial charge in [0.05, 0.1) is 30.3 Å². The van der Waals surface area contributed by atoms with Crippen LogP contribution in [-0.4, -0.2) is 49.4 Å². The molecule has 2 fully saturated rings. The van der Waals surface area contributed by atoms with E-state index in [1.165, 1.54) is 18.7 Å². The Bertz CT molecular complexity index is 789. The lowest BCUT2D eigenvalue weighted by molar-refractivity contribution is -0.115. The maximum absolute atomic E-state index is 12.0. The number of amidine groups is 1. The number of sulfone groups is 1. The number of anilines is 1. The van der Waals surface area contributed by atoms with Crippen LogP contribution in [0.2, 0.25) is 0 Å². The quantitative estimate of drug-likeness (QED) is 0.803. The van der Waals surface area contributed by atoms with Crippen LogP contribution in [0, 0.1) is 6.92 Å². The zero-order valence-electron chi connectivity index (χ0n) is 13.1. The van der Waals surface area contributed by atoms with Crippen molar-refractivity contribution in [1.82, 2.24) is 0 Å². The summed E-state index contributed by atoms with van der Waals surface area (Å²) in [5, 5.41) is 0.439. The number of amides is 1. The van der Waals surface area contributed by atoms with Gasteiger partial charge in [-0.15, -0.1) is 0 Å². The molecule has 0 radical (unpaired) electrons. The average molecular weight is 354 g/mol. The minimum atomic E-state index is -3.07. The third kappa shape index (κ3) is 3.10. The Balaban J connectivity index is 2.12. The number of ether oxygens (including phenoxy) is 1. The molecular weight excluding hydrogens is 336 g/mol. The summed E-state index contributed by atoms with van der Waals surface area (Å²) in [5.74, 6) is 0.520. The van der Waals surface area contributed by atoms with Crippen LogP contribution in [-0.2, 0) is 14.6 Å². The van der Waals surface area contributed by atoms with Crippen LogP contribution in [0.3, 0.4) is 0 Å². The summed E-state index contributed by atoms with van der Waals surface area (Å²) >= 11 is 1.36. The van der Waals surface area contributed by atoms with Gasteiger partial charge >= 0.3 is 0 Å². The van der Waals surface area contributed by atoms with Gasteiger partial charge in [-0.2, -0.15) is 4.99 Å². The van der Waals surface area contributed by atoms with E-state index in [1.54, 1.807) is 7.11 Å². The van der Waals surface area contributed by atoms with Crippen molar-refractivity contribution in [2.45, 2.75) is 25.1 Å². The van der Waals surface area contributed by atoms with Crippen molar-refractivity contribution in [3.05, 3.63) is 23.8 Å². The van der Waals surface area contributed by atoms with Crippen LogP contribution in [0.25, 0.3) is 0 Å². The predicted molar refractivity (Wildman–Crippen MR) is 92.1 cm³/mol. The first-order chi connectivity index (χ1) is 10.8. The summed E-state index contributed by atoms with van der Waals surface area (Å²) in [6.07, 6.45) is 0. The van der Waals surface area contributed by atoms with Gasteiger partial charge in [-0.25, -0.2) is 8.42 Å². The standard InChI is InChI=1S/C15H18N2O4S2/c1-9-4-5-13(21-3)11(6-9)17-12-7-23(19,20)8-14(12)22-15(17)16-10(2)18/h4-6,12,14H,7-8H2,1-3H3. The number of carbonyl (C=O) groups excluding carboxylic acids is 1. The second-order valence-electron chi connectivity index (χ2n) is 5.76. The van der Waals surface area contributed by atoms with Gasteiger partial charge in [-0.3, -0.25) is 4.79 Å². The lowest BCUT2D eigenvalue weighted by Gasteiger charge is -2.26. The molecule has 2 atom stereocenters. The van der Waals surface area contributed by atoms with Gasteiger partial charge in [-0.1, -0.05) is 17.8 Å². The molecule has 8 heteroatoms. The van der Waals surface area contributed by atoms with Crippen LogP contribution >= 0.6 is 11.8 Å². The van der Waals surface area contributed by atoms with E-state index in [9.17, 15) is 13.2 Å². The van der Waals surface area contributed by atoms with Crippen molar-refractivity contribution < 1.29 is 17.9 Å². The number of hydrogen-bond donors (Lipinski definition) is 0. The summed E-state index contributed by atoms with van der Waals surface area (Å²) in [6.45, 7) is 3.35. The average Bonchev–Trinajstić information content (AvgIpc) is 2.88. The summed E-state index contributed by atoms with van der Waals surface area (Å²) in [5.41, 5.74) is 1.78. The highest BCUT2D eigenvalue weighted by molar-refractivity contribution is 8.16. The largest absolute Gasteiger partial charge is 0.495 e. The summed E-state index contributed by atoms with van der Waals surface area (Å²) in [4.78, 5) is 17.4. The highest BCUT2D eigenvalue weighted by Gasteiger charge is 2.49. The highest BCUT2D eigenvalue weighted by atomic mass is 32.2. The van der Waals surface area contributed by atoms with Gasteiger partial charge in [0.15, 0.2) is 15.0 Å². The highest BCUT2D eigenvalue weighted by Crippen LogP contribution is 2.44. The maximum Gasteiger partial charge on any atom is 0.244 e. The summed E-state index contributed by atoms with van der Waals surface area (Å²) < 4.78 is 29.4. The van der Waals surface area contributed by atoms with Crippen molar-refractivity contribution in [3.8, 4) is 5.75 Å². The van der Waals surface area contributed by atoms with Crippen LogP contribution in [0.15, 0.2) is 23.2 Å². The Morgan fingerprint density at radius 1 is 1.39 bits per heavy atom. The van der Waals surface area contributed by atoms with E-state index in [-0.39, 0.29) is 28.7 Å². The van der Waals surface area contributed by atoms with E-state index in [0.717, 1.165) is 11.3 Å². The second-order valence-corrected chi connectivity index (χ2v) is 9.12. The number of benzene rings is 1. The Morgan fingerprint density at radius 2 is 2.13 bits per heavy atom. The number of carbonyl (C=O) groups is 1. The molecule has 0 aliphatic carbocycles. The smallest absolute Gasteiger partial charge is 0.244 e.